The van der Waals surface area contributed by atoms with Gasteiger partial charge in [-0.15, -0.1) is 11.3 Å². The van der Waals surface area contributed by atoms with Gasteiger partial charge in [0, 0.05) is 0 Å². The van der Waals surface area contributed by atoms with E-state index < -0.39 is 10.0 Å². The van der Waals surface area contributed by atoms with Crippen molar-refractivity contribution < 1.29 is 22.8 Å². The van der Waals surface area contributed by atoms with Gasteiger partial charge >= 0.3 is 0 Å². The fraction of sp³-hybridized carbons (Fsp3) is 0.421. The first kappa shape index (κ1) is 20.8. The van der Waals surface area contributed by atoms with Crippen molar-refractivity contribution in [1.29, 1.82) is 0 Å². The van der Waals surface area contributed by atoms with E-state index in [0.717, 1.165) is 4.90 Å². The number of rotatable bonds is 7. The molecule has 0 bridgehead atoms. The number of ether oxygens (including phenoxy) is 1. The smallest absolute Gasteiger partial charge is 0.282 e. The minimum Gasteiger partial charge on any atom is -0.492 e. The van der Waals surface area contributed by atoms with E-state index in [-0.39, 0.29) is 11.9 Å². The van der Waals surface area contributed by atoms with E-state index in [2.05, 4.69) is 5.32 Å². The number of benzene rings is 1. The zero-order chi connectivity index (χ0) is 20.1. The summed E-state index contributed by atoms with van der Waals surface area (Å²) < 4.78 is 32.7. The van der Waals surface area contributed by atoms with E-state index in [4.69, 9.17) is 4.74 Å². The topological polar surface area (TPSA) is 80.2 Å². The first-order chi connectivity index (χ1) is 13.4. The summed E-state index contributed by atoms with van der Waals surface area (Å²) >= 11 is 1.23. The number of nitrogens with one attached hydrogen (secondary N) is 2. The van der Waals surface area contributed by atoms with Crippen LogP contribution in [0.4, 0.5) is 5.69 Å². The Morgan fingerprint density at radius 1 is 1.25 bits per heavy atom. The van der Waals surface area contributed by atoms with Crippen LogP contribution in [0.15, 0.2) is 46.0 Å². The maximum absolute atomic E-state index is 12.7. The molecule has 0 unspecified atom stereocenters. The lowest BCUT2D eigenvalue weighted by Gasteiger charge is -2.34. The number of hydrogen-bond acceptors (Lipinski definition) is 5. The third kappa shape index (κ3) is 4.54. The van der Waals surface area contributed by atoms with Crippen LogP contribution in [-0.2, 0) is 14.8 Å². The van der Waals surface area contributed by atoms with Gasteiger partial charge in [0.1, 0.15) is 9.96 Å². The summed E-state index contributed by atoms with van der Waals surface area (Å²) in [7, 11) is -3.43. The van der Waals surface area contributed by atoms with Crippen LogP contribution in [0.1, 0.15) is 13.8 Å². The molecule has 1 aliphatic rings. The van der Waals surface area contributed by atoms with Gasteiger partial charge in [0.15, 0.2) is 6.04 Å². The number of para-hydroxylation sites is 2. The molecule has 2 aromatic rings. The predicted octanol–water partition coefficient (Wildman–Crippen LogP) is 1.06. The second-order valence-electron chi connectivity index (χ2n) is 6.63. The van der Waals surface area contributed by atoms with Crippen molar-refractivity contribution in [2.24, 2.45) is 0 Å². The van der Waals surface area contributed by atoms with E-state index in [1.807, 2.05) is 38.1 Å². The van der Waals surface area contributed by atoms with Gasteiger partial charge in [-0.1, -0.05) is 18.2 Å². The average Bonchev–Trinajstić information content (AvgIpc) is 3.25. The summed E-state index contributed by atoms with van der Waals surface area (Å²) in [4.78, 5) is 13.8. The number of carbonyl (C=O) groups excluding carboxylic acids is 1. The van der Waals surface area contributed by atoms with E-state index in [1.54, 1.807) is 17.5 Å². The average molecular weight is 425 g/mol. The quantitative estimate of drug-likeness (QED) is 0.697. The van der Waals surface area contributed by atoms with Gasteiger partial charge in [0.25, 0.3) is 15.9 Å². The Morgan fingerprint density at radius 3 is 2.61 bits per heavy atom. The lowest BCUT2D eigenvalue weighted by Crippen LogP contribution is -3.19. The van der Waals surface area contributed by atoms with Gasteiger partial charge in [-0.2, -0.15) is 4.31 Å². The van der Waals surface area contributed by atoms with Gasteiger partial charge < -0.3 is 15.0 Å². The van der Waals surface area contributed by atoms with Crippen LogP contribution < -0.4 is 15.0 Å². The van der Waals surface area contributed by atoms with Crippen LogP contribution in [-0.4, -0.2) is 57.5 Å². The Labute approximate surface area is 170 Å². The molecule has 0 saturated carbocycles. The number of carbonyl (C=O) groups is 1. The number of sulfonamides is 1. The number of nitrogens with zero attached hydrogens (tertiary/aromatic N) is 1. The zero-order valence-corrected chi connectivity index (χ0v) is 17.7. The molecule has 1 saturated heterocycles. The SMILES string of the molecule is CCOc1ccccc1NC(=O)[C@H](C)[NH+]1CCN(S(=O)(=O)c2cccs2)CC1. The first-order valence-corrected chi connectivity index (χ1v) is 11.7. The molecule has 2 N–H and O–H groups in total. The van der Waals surface area contributed by atoms with Crippen molar-refractivity contribution >= 4 is 33.0 Å². The standard InChI is InChI=1S/C19H25N3O4S2/c1-3-26-17-8-5-4-7-16(17)20-19(23)15(2)21-10-12-22(13-11-21)28(24,25)18-9-6-14-27-18/h4-9,14-15H,3,10-13H2,1-2H3,(H,20,23)/p+1/t15-/m0/s1. The molecule has 1 fully saturated rings. The van der Waals surface area contributed by atoms with Crippen molar-refractivity contribution in [1.82, 2.24) is 4.31 Å². The minimum atomic E-state index is -3.43. The maximum atomic E-state index is 12.7. The van der Waals surface area contributed by atoms with Crippen molar-refractivity contribution in [2.75, 3.05) is 38.1 Å². The lowest BCUT2D eigenvalue weighted by molar-refractivity contribution is -0.917. The largest absolute Gasteiger partial charge is 0.492 e. The third-order valence-electron chi connectivity index (χ3n) is 4.90. The molecule has 1 aliphatic heterocycles. The highest BCUT2D eigenvalue weighted by Gasteiger charge is 2.35. The van der Waals surface area contributed by atoms with E-state index in [1.165, 1.54) is 15.6 Å². The van der Waals surface area contributed by atoms with Crippen molar-refractivity contribution in [2.45, 2.75) is 24.1 Å². The van der Waals surface area contributed by atoms with E-state index in [0.29, 0.717) is 48.4 Å². The summed E-state index contributed by atoms with van der Waals surface area (Å²) in [6.45, 7) is 6.28. The highest BCUT2D eigenvalue weighted by molar-refractivity contribution is 7.91. The molecule has 1 aromatic heterocycles. The summed E-state index contributed by atoms with van der Waals surface area (Å²) in [5.41, 5.74) is 0.652. The second kappa shape index (κ2) is 9.04. The Hall–Kier alpha value is -1.94. The molecule has 0 spiro atoms. The van der Waals surface area contributed by atoms with Gasteiger partial charge in [-0.3, -0.25) is 4.79 Å². The van der Waals surface area contributed by atoms with Crippen LogP contribution in [0.2, 0.25) is 0 Å². The molecule has 1 aromatic carbocycles. The van der Waals surface area contributed by atoms with Crippen molar-refractivity contribution in [3.8, 4) is 5.75 Å². The maximum Gasteiger partial charge on any atom is 0.282 e. The molecule has 0 radical (unpaired) electrons. The monoisotopic (exact) mass is 424 g/mol. The van der Waals surface area contributed by atoms with Crippen molar-refractivity contribution in [3.63, 3.8) is 0 Å². The summed E-state index contributed by atoms with van der Waals surface area (Å²) in [6, 6.07) is 10.4. The van der Waals surface area contributed by atoms with Gasteiger partial charge in [-0.25, -0.2) is 8.42 Å². The third-order valence-corrected chi connectivity index (χ3v) is 8.18. The lowest BCUT2D eigenvalue weighted by atomic mass is 10.2. The first-order valence-electron chi connectivity index (χ1n) is 9.34. The number of amides is 1. The fourth-order valence-electron chi connectivity index (χ4n) is 3.26. The normalized spacial score (nSPS) is 17.2. The molecule has 1 atom stereocenters. The highest BCUT2D eigenvalue weighted by atomic mass is 32.2. The molecule has 7 nitrogen and oxygen atoms in total. The molecule has 28 heavy (non-hydrogen) atoms. The van der Waals surface area contributed by atoms with Crippen molar-refractivity contribution in [3.05, 3.63) is 41.8 Å². The Balaban J connectivity index is 1.59. The number of quaternary nitrogens is 1. The van der Waals surface area contributed by atoms with Crippen LogP contribution >= 0.6 is 11.3 Å². The molecule has 152 valence electrons. The Bertz CT molecular complexity index is 892. The van der Waals surface area contributed by atoms with E-state index >= 15 is 0 Å². The predicted molar refractivity (Wildman–Crippen MR) is 109 cm³/mol. The number of anilines is 1. The Kier molecular flexibility index (Phi) is 6.71. The molecular weight excluding hydrogens is 398 g/mol. The van der Waals surface area contributed by atoms with Crippen LogP contribution in [0.25, 0.3) is 0 Å². The molecule has 0 aliphatic carbocycles. The summed E-state index contributed by atoms with van der Waals surface area (Å²) in [5.74, 6) is 0.545. The van der Waals surface area contributed by atoms with Crippen LogP contribution in [0.5, 0.6) is 5.75 Å². The Morgan fingerprint density at radius 2 is 1.96 bits per heavy atom. The minimum absolute atomic E-state index is 0.100. The zero-order valence-electron chi connectivity index (χ0n) is 16.1. The molecule has 3 rings (SSSR count). The molecular formula is C19H26N3O4S2+. The molecule has 1 amide bonds. The fourth-order valence-corrected chi connectivity index (χ4v) is 5.85. The summed E-state index contributed by atoms with van der Waals surface area (Å²) in [6.07, 6.45) is 0. The van der Waals surface area contributed by atoms with Gasteiger partial charge in [0.05, 0.1) is 38.5 Å². The van der Waals surface area contributed by atoms with Gasteiger partial charge in [0.2, 0.25) is 0 Å². The molecule has 2 heterocycles. The highest BCUT2D eigenvalue weighted by Crippen LogP contribution is 2.24. The number of thiophene rings is 1. The number of hydrogen-bond donors (Lipinski definition) is 2. The summed E-state index contributed by atoms with van der Waals surface area (Å²) in [5, 5.41) is 4.71. The van der Waals surface area contributed by atoms with E-state index in [9.17, 15) is 13.2 Å². The van der Waals surface area contributed by atoms with Crippen LogP contribution in [0.3, 0.4) is 0 Å². The van der Waals surface area contributed by atoms with Gasteiger partial charge in [-0.05, 0) is 37.4 Å². The number of piperazine rings is 1. The molecule has 9 heteroatoms. The second-order valence-corrected chi connectivity index (χ2v) is 9.75. The van der Waals surface area contributed by atoms with Crippen LogP contribution in [0, 0.1) is 0 Å².